The summed E-state index contributed by atoms with van der Waals surface area (Å²) < 4.78 is 0. The van der Waals surface area contributed by atoms with Gasteiger partial charge in [-0.2, -0.15) is 0 Å². The molecule has 0 radical (unpaired) electrons. The van der Waals surface area contributed by atoms with Gasteiger partial charge in [-0.3, -0.25) is 4.79 Å². The number of aromatic nitrogens is 1. The predicted molar refractivity (Wildman–Crippen MR) is 158 cm³/mol. The van der Waals surface area contributed by atoms with E-state index < -0.39 is 0 Å². The number of hydrogen-bond acceptors (Lipinski definition) is 4. The molecule has 0 saturated heterocycles. The van der Waals surface area contributed by atoms with Crippen LogP contribution in [0, 0.1) is 5.92 Å². The smallest absolute Gasteiger partial charge is 0.188 e. The number of rotatable bonds is 3. The summed E-state index contributed by atoms with van der Waals surface area (Å²) in [4.78, 5) is 18.0. The first-order valence-electron chi connectivity index (χ1n) is 13.0. The summed E-state index contributed by atoms with van der Waals surface area (Å²) in [5.74, 6) is 0.0215. The highest BCUT2D eigenvalue weighted by Crippen LogP contribution is 2.28. The molecule has 2 aliphatic carbocycles. The Morgan fingerprint density at radius 2 is 1.61 bits per heavy atom. The standard InChI is InChI=1S/C28H21NOS.C6H7N/c30-27(26-17-31-28(29-26)20-7-2-1-3-8-20)21-11-10-19-13-14-23-22-9-5-4-6-18(22)12-15-24(23)25(19)16-21;1-2-4-6-7-5-3-1/h1-9,13-17,21H,10-12H2;1-7H. The number of hydrogen-bond donors (Lipinski definition) is 1. The first-order chi connectivity index (χ1) is 18.8. The minimum Gasteiger partial charge on any atom is -0.368 e. The van der Waals surface area contributed by atoms with Crippen LogP contribution in [0.25, 0.3) is 33.9 Å². The zero-order valence-electron chi connectivity index (χ0n) is 21.0. The van der Waals surface area contributed by atoms with Crippen molar-refractivity contribution in [3.05, 3.63) is 136 Å². The van der Waals surface area contributed by atoms with E-state index in [4.69, 9.17) is 0 Å². The van der Waals surface area contributed by atoms with E-state index in [9.17, 15) is 4.79 Å². The van der Waals surface area contributed by atoms with Crippen LogP contribution in [0.4, 0.5) is 0 Å². The number of ketones is 1. The molecule has 3 aliphatic rings. The molecule has 38 heavy (non-hydrogen) atoms. The molecule has 3 nitrogen and oxygen atoms in total. The summed E-state index contributed by atoms with van der Waals surface area (Å²) in [6, 6.07) is 23.2. The van der Waals surface area contributed by atoms with E-state index in [1.54, 1.807) is 11.3 Å². The molecule has 4 heteroatoms. The number of carbonyl (C=O) groups is 1. The molecule has 186 valence electrons. The molecule has 0 saturated carbocycles. The third-order valence-electron chi connectivity index (χ3n) is 7.14. The van der Waals surface area contributed by atoms with Gasteiger partial charge in [0, 0.05) is 29.3 Å². The minimum atomic E-state index is -0.115. The van der Waals surface area contributed by atoms with Crippen molar-refractivity contribution in [2.24, 2.45) is 5.92 Å². The molecule has 1 unspecified atom stereocenters. The lowest BCUT2D eigenvalue weighted by molar-refractivity contribution is 0.0942. The molecular weight excluding hydrogens is 484 g/mol. The van der Waals surface area contributed by atoms with Crippen LogP contribution in [0.3, 0.4) is 0 Å². The molecule has 0 amide bonds. The van der Waals surface area contributed by atoms with E-state index in [1.807, 2.05) is 72.4 Å². The number of thiazole rings is 1. The molecule has 4 aromatic rings. The fourth-order valence-electron chi connectivity index (χ4n) is 5.22. The van der Waals surface area contributed by atoms with Crippen LogP contribution in [0.15, 0.2) is 109 Å². The molecule has 7 rings (SSSR count). The minimum absolute atomic E-state index is 0.115. The lowest BCUT2D eigenvalue weighted by Crippen LogP contribution is -2.37. The van der Waals surface area contributed by atoms with Crippen molar-refractivity contribution in [1.29, 1.82) is 0 Å². The number of carbonyl (C=O) groups excluding carboxylic acids is 1. The maximum atomic E-state index is 13.3. The van der Waals surface area contributed by atoms with Crippen LogP contribution in [-0.2, 0) is 12.8 Å². The van der Waals surface area contributed by atoms with E-state index >= 15 is 0 Å². The van der Waals surface area contributed by atoms with Crippen LogP contribution in [0.5, 0.6) is 0 Å². The van der Waals surface area contributed by atoms with Crippen LogP contribution in [-0.4, -0.2) is 10.8 Å². The largest absolute Gasteiger partial charge is 0.368 e. The number of allylic oxidation sites excluding steroid dienone is 4. The Hall–Kier alpha value is -4.28. The number of Topliss-reactive ketones (excluding diaryl/α,β-unsaturated/α-hetero) is 1. The second-order valence-electron chi connectivity index (χ2n) is 9.51. The molecule has 1 atom stereocenters. The lowest BCUT2D eigenvalue weighted by atomic mass is 9.83. The zero-order valence-corrected chi connectivity index (χ0v) is 21.8. The molecule has 2 heterocycles. The second-order valence-corrected chi connectivity index (χ2v) is 10.4. The third-order valence-corrected chi connectivity index (χ3v) is 8.03. The Bertz CT molecular complexity index is 1680. The maximum absolute atomic E-state index is 13.3. The van der Waals surface area contributed by atoms with Crippen molar-refractivity contribution < 1.29 is 4.79 Å². The highest BCUT2D eigenvalue weighted by molar-refractivity contribution is 7.13. The summed E-state index contributed by atoms with van der Waals surface area (Å²) in [5, 5.41) is 8.28. The van der Waals surface area contributed by atoms with E-state index in [0.717, 1.165) is 29.8 Å². The van der Waals surface area contributed by atoms with Crippen LogP contribution < -0.4 is 15.8 Å². The Morgan fingerprint density at radius 3 is 2.45 bits per heavy atom. The van der Waals surface area contributed by atoms with Gasteiger partial charge in [0.15, 0.2) is 5.78 Å². The number of fused-ring (bicyclic) bond motifs is 5. The lowest BCUT2D eigenvalue weighted by Gasteiger charge is -2.21. The highest BCUT2D eigenvalue weighted by Gasteiger charge is 2.24. The van der Waals surface area contributed by atoms with Crippen molar-refractivity contribution in [3.63, 3.8) is 0 Å². The molecule has 1 aromatic heterocycles. The van der Waals surface area contributed by atoms with Gasteiger partial charge in [-0.05, 0) is 64.1 Å². The first-order valence-corrected chi connectivity index (χ1v) is 13.9. The summed E-state index contributed by atoms with van der Waals surface area (Å²) in [6.07, 6.45) is 18.8. The number of nitrogens with zero attached hydrogens (tertiary/aromatic N) is 1. The molecule has 1 aliphatic heterocycles. The number of benzene rings is 3. The summed E-state index contributed by atoms with van der Waals surface area (Å²) in [7, 11) is 0. The topological polar surface area (TPSA) is 42.0 Å². The number of aryl methyl sites for hydroxylation is 1. The Morgan fingerprint density at radius 1 is 0.816 bits per heavy atom. The van der Waals surface area contributed by atoms with Gasteiger partial charge in [-0.1, -0.05) is 91.0 Å². The summed E-state index contributed by atoms with van der Waals surface area (Å²) in [5.41, 5.74) is 6.97. The van der Waals surface area contributed by atoms with Crippen molar-refractivity contribution >= 4 is 29.3 Å². The van der Waals surface area contributed by atoms with Gasteiger partial charge < -0.3 is 5.32 Å². The van der Waals surface area contributed by atoms with Gasteiger partial charge in [0.05, 0.1) is 0 Å². The van der Waals surface area contributed by atoms with Crippen LogP contribution >= 0.6 is 11.3 Å². The summed E-state index contributed by atoms with van der Waals surface area (Å²) in [6.45, 7) is 0. The van der Waals surface area contributed by atoms with E-state index in [1.165, 1.54) is 32.7 Å². The number of nitrogens with one attached hydrogen (secondary N) is 1. The monoisotopic (exact) mass is 512 g/mol. The predicted octanol–water partition coefficient (Wildman–Crippen LogP) is 6.21. The van der Waals surface area contributed by atoms with E-state index in [-0.39, 0.29) is 11.7 Å². The first kappa shape index (κ1) is 24.1. The third kappa shape index (κ3) is 4.96. The van der Waals surface area contributed by atoms with Gasteiger partial charge in [0.2, 0.25) is 0 Å². The molecule has 0 spiro atoms. The summed E-state index contributed by atoms with van der Waals surface area (Å²) >= 11 is 1.54. The SMILES string of the molecule is C1=CC=CNC=C1.O=C(c1csc(-c2ccccc2)n1)C1C=c2c(ccc3c2=CCc2ccccc2-3)CC1. The average Bonchev–Trinajstić information content (AvgIpc) is 3.29. The molecule has 3 aromatic carbocycles. The van der Waals surface area contributed by atoms with Gasteiger partial charge in [-0.15, -0.1) is 11.3 Å². The van der Waals surface area contributed by atoms with Crippen molar-refractivity contribution in [2.75, 3.05) is 0 Å². The molecule has 0 fully saturated rings. The van der Waals surface area contributed by atoms with Crippen molar-refractivity contribution in [3.8, 4) is 21.7 Å². The van der Waals surface area contributed by atoms with E-state index in [0.29, 0.717) is 5.69 Å². The normalized spacial score (nSPS) is 16.3. The Balaban J connectivity index is 0.000000330. The molecule has 0 bridgehead atoms. The van der Waals surface area contributed by atoms with Crippen LogP contribution in [0.1, 0.15) is 28.0 Å². The van der Waals surface area contributed by atoms with Gasteiger partial charge >= 0.3 is 0 Å². The quantitative estimate of drug-likeness (QED) is 0.332. The zero-order chi connectivity index (χ0) is 25.7. The Kier molecular flexibility index (Phi) is 6.97. The van der Waals surface area contributed by atoms with Gasteiger partial charge in [-0.25, -0.2) is 4.98 Å². The average molecular weight is 513 g/mol. The highest BCUT2D eigenvalue weighted by atomic mass is 32.1. The maximum Gasteiger partial charge on any atom is 0.188 e. The van der Waals surface area contributed by atoms with Gasteiger partial charge in [0.25, 0.3) is 0 Å². The molecule has 1 N–H and O–H groups in total. The van der Waals surface area contributed by atoms with Crippen molar-refractivity contribution in [2.45, 2.75) is 19.3 Å². The fraction of sp³-hybridized carbons (Fsp3) is 0.118. The van der Waals surface area contributed by atoms with Gasteiger partial charge in [0.1, 0.15) is 10.7 Å². The second kappa shape index (κ2) is 11.0. The van der Waals surface area contributed by atoms with Crippen molar-refractivity contribution in [1.82, 2.24) is 10.3 Å². The molecular formula is C34H28N2OS. The van der Waals surface area contributed by atoms with Crippen LogP contribution in [0.2, 0.25) is 0 Å². The Labute approximate surface area is 226 Å². The van der Waals surface area contributed by atoms with E-state index in [2.05, 4.69) is 58.9 Å². The fourth-order valence-corrected chi connectivity index (χ4v) is 6.04.